The van der Waals surface area contributed by atoms with Crippen molar-refractivity contribution >= 4 is 18.3 Å². The van der Waals surface area contributed by atoms with Crippen molar-refractivity contribution in [2.24, 2.45) is 11.7 Å². The first kappa shape index (κ1) is 20.1. The lowest BCUT2D eigenvalue weighted by molar-refractivity contribution is 0.0783. The Kier molecular flexibility index (Phi) is 7.88. The third-order valence-corrected chi connectivity index (χ3v) is 3.95. The highest BCUT2D eigenvalue weighted by Crippen LogP contribution is 2.07. The highest BCUT2D eigenvalue weighted by molar-refractivity contribution is 5.91. The van der Waals surface area contributed by atoms with Crippen molar-refractivity contribution in [2.45, 2.75) is 32.9 Å². The molecule has 1 atom stereocenters. The number of nitrogens with two attached hydrogens (primary N) is 1. The van der Waals surface area contributed by atoms with E-state index in [1.807, 2.05) is 30.3 Å². The SMILES string of the molecule is CC(C)C(N)CCN(C)C(=O)c1cn(Cc2ccccc2)nn1.Cl. The summed E-state index contributed by atoms with van der Waals surface area (Å²) in [6.07, 6.45) is 2.46. The molecule has 1 aromatic carbocycles. The number of rotatable bonds is 7. The maximum atomic E-state index is 12.4. The zero-order chi connectivity index (χ0) is 16.8. The van der Waals surface area contributed by atoms with Crippen LogP contribution in [0, 0.1) is 5.92 Å². The molecule has 0 fully saturated rings. The number of benzene rings is 1. The lowest BCUT2D eigenvalue weighted by Crippen LogP contribution is -2.34. The summed E-state index contributed by atoms with van der Waals surface area (Å²) >= 11 is 0. The zero-order valence-corrected chi connectivity index (χ0v) is 15.2. The Morgan fingerprint density at radius 2 is 1.96 bits per heavy atom. The minimum absolute atomic E-state index is 0. The smallest absolute Gasteiger partial charge is 0.275 e. The van der Waals surface area contributed by atoms with E-state index in [0.717, 1.165) is 12.0 Å². The van der Waals surface area contributed by atoms with Crippen LogP contribution in [0.5, 0.6) is 0 Å². The van der Waals surface area contributed by atoms with Gasteiger partial charge in [-0.05, 0) is 17.9 Å². The van der Waals surface area contributed by atoms with Gasteiger partial charge in [-0.25, -0.2) is 4.68 Å². The summed E-state index contributed by atoms with van der Waals surface area (Å²) in [5.74, 6) is 0.283. The molecule has 0 aliphatic heterocycles. The fraction of sp³-hybridized carbons (Fsp3) is 0.471. The maximum Gasteiger partial charge on any atom is 0.275 e. The van der Waals surface area contributed by atoms with Crippen LogP contribution in [0.25, 0.3) is 0 Å². The first-order valence-electron chi connectivity index (χ1n) is 7.92. The van der Waals surface area contributed by atoms with E-state index in [1.54, 1.807) is 22.8 Å². The van der Waals surface area contributed by atoms with Crippen molar-refractivity contribution in [3.05, 3.63) is 47.8 Å². The molecule has 0 aliphatic rings. The van der Waals surface area contributed by atoms with E-state index in [0.29, 0.717) is 24.7 Å². The fourth-order valence-corrected chi connectivity index (χ4v) is 2.22. The standard InChI is InChI=1S/C17H25N5O.ClH/c1-13(2)15(18)9-10-21(3)17(23)16-12-22(20-19-16)11-14-7-5-4-6-8-14;/h4-8,12-13,15H,9-11,18H2,1-3H3;1H. The van der Waals surface area contributed by atoms with Gasteiger partial charge in [-0.3, -0.25) is 4.79 Å². The second-order valence-electron chi connectivity index (χ2n) is 6.21. The summed E-state index contributed by atoms with van der Waals surface area (Å²) in [5.41, 5.74) is 7.50. The highest BCUT2D eigenvalue weighted by Gasteiger charge is 2.17. The molecule has 132 valence electrons. The third kappa shape index (κ3) is 5.62. The number of amides is 1. The molecule has 1 aromatic heterocycles. The van der Waals surface area contributed by atoms with Crippen molar-refractivity contribution in [1.82, 2.24) is 19.9 Å². The molecule has 0 spiro atoms. The molecule has 0 radical (unpaired) electrons. The first-order valence-corrected chi connectivity index (χ1v) is 7.92. The zero-order valence-electron chi connectivity index (χ0n) is 14.4. The van der Waals surface area contributed by atoms with Crippen LogP contribution in [0.3, 0.4) is 0 Å². The topological polar surface area (TPSA) is 77.0 Å². The van der Waals surface area contributed by atoms with Crippen LogP contribution in [-0.4, -0.2) is 45.4 Å². The second kappa shape index (κ2) is 9.39. The lowest BCUT2D eigenvalue weighted by atomic mass is 10.0. The predicted molar refractivity (Wildman–Crippen MR) is 97.2 cm³/mol. The minimum Gasteiger partial charge on any atom is -0.340 e. The summed E-state index contributed by atoms with van der Waals surface area (Å²) in [5, 5.41) is 8.02. The van der Waals surface area contributed by atoms with E-state index in [1.165, 1.54) is 0 Å². The van der Waals surface area contributed by atoms with Crippen LogP contribution in [-0.2, 0) is 6.54 Å². The molecule has 2 rings (SSSR count). The van der Waals surface area contributed by atoms with E-state index >= 15 is 0 Å². The summed E-state index contributed by atoms with van der Waals surface area (Å²) < 4.78 is 1.68. The fourth-order valence-electron chi connectivity index (χ4n) is 2.22. The minimum atomic E-state index is -0.125. The highest BCUT2D eigenvalue weighted by atomic mass is 35.5. The molecule has 24 heavy (non-hydrogen) atoms. The molecule has 0 bridgehead atoms. The van der Waals surface area contributed by atoms with Crippen molar-refractivity contribution in [2.75, 3.05) is 13.6 Å². The number of halogens is 1. The summed E-state index contributed by atoms with van der Waals surface area (Å²) in [6, 6.07) is 10.1. The molecule has 7 heteroatoms. The first-order chi connectivity index (χ1) is 11.0. The Hall–Kier alpha value is -1.92. The largest absolute Gasteiger partial charge is 0.340 e. The molecule has 0 saturated carbocycles. The Balaban J connectivity index is 0.00000288. The Labute approximate surface area is 149 Å². The summed E-state index contributed by atoms with van der Waals surface area (Å²) in [4.78, 5) is 14.0. The van der Waals surface area contributed by atoms with Gasteiger partial charge in [0.05, 0.1) is 12.7 Å². The van der Waals surface area contributed by atoms with Gasteiger partial charge in [0.25, 0.3) is 5.91 Å². The number of carbonyl (C=O) groups is 1. The van der Waals surface area contributed by atoms with Gasteiger partial charge in [-0.2, -0.15) is 0 Å². The van der Waals surface area contributed by atoms with Gasteiger partial charge < -0.3 is 10.6 Å². The summed E-state index contributed by atoms with van der Waals surface area (Å²) in [7, 11) is 1.77. The number of hydrogen-bond donors (Lipinski definition) is 1. The van der Waals surface area contributed by atoms with Gasteiger partial charge >= 0.3 is 0 Å². The number of carbonyl (C=O) groups excluding carboxylic acids is 1. The van der Waals surface area contributed by atoms with Gasteiger partial charge in [0, 0.05) is 19.6 Å². The van der Waals surface area contributed by atoms with Crippen LogP contribution in [0.1, 0.15) is 36.3 Å². The molecule has 6 nitrogen and oxygen atoms in total. The van der Waals surface area contributed by atoms with Crippen molar-refractivity contribution in [3.8, 4) is 0 Å². The van der Waals surface area contributed by atoms with E-state index in [-0.39, 0.29) is 24.4 Å². The van der Waals surface area contributed by atoms with Gasteiger partial charge in [0.2, 0.25) is 0 Å². The molecule has 1 heterocycles. The number of aromatic nitrogens is 3. The normalized spacial score (nSPS) is 11.9. The van der Waals surface area contributed by atoms with Crippen LogP contribution in [0.2, 0.25) is 0 Å². The average Bonchev–Trinajstić information content (AvgIpc) is 3.00. The Bertz CT molecular complexity index is 629. The van der Waals surface area contributed by atoms with Gasteiger partial charge in [-0.15, -0.1) is 17.5 Å². The molecular weight excluding hydrogens is 326 g/mol. The molecule has 1 amide bonds. The van der Waals surface area contributed by atoms with Crippen molar-refractivity contribution in [3.63, 3.8) is 0 Å². The van der Waals surface area contributed by atoms with Gasteiger partial charge in [-0.1, -0.05) is 49.4 Å². The number of nitrogens with zero attached hydrogens (tertiary/aromatic N) is 4. The Morgan fingerprint density at radius 3 is 2.58 bits per heavy atom. The lowest BCUT2D eigenvalue weighted by Gasteiger charge is -2.20. The second-order valence-corrected chi connectivity index (χ2v) is 6.21. The molecule has 0 aliphatic carbocycles. The van der Waals surface area contributed by atoms with E-state index in [9.17, 15) is 4.79 Å². The van der Waals surface area contributed by atoms with Crippen LogP contribution < -0.4 is 5.73 Å². The maximum absolute atomic E-state index is 12.4. The van der Waals surface area contributed by atoms with Crippen LogP contribution in [0.15, 0.2) is 36.5 Å². The van der Waals surface area contributed by atoms with Crippen molar-refractivity contribution < 1.29 is 4.79 Å². The molecule has 0 saturated heterocycles. The number of hydrogen-bond acceptors (Lipinski definition) is 4. The van der Waals surface area contributed by atoms with Gasteiger partial charge in [0.1, 0.15) is 0 Å². The third-order valence-electron chi connectivity index (χ3n) is 3.95. The average molecular weight is 352 g/mol. The predicted octanol–water partition coefficient (Wildman–Crippen LogP) is 2.19. The van der Waals surface area contributed by atoms with Crippen molar-refractivity contribution in [1.29, 1.82) is 0 Å². The summed E-state index contributed by atoms with van der Waals surface area (Å²) in [6.45, 7) is 5.39. The van der Waals surface area contributed by atoms with Gasteiger partial charge in [0.15, 0.2) is 5.69 Å². The molecule has 2 N–H and O–H groups in total. The van der Waals surface area contributed by atoms with Crippen LogP contribution in [0.4, 0.5) is 0 Å². The van der Waals surface area contributed by atoms with E-state index < -0.39 is 0 Å². The monoisotopic (exact) mass is 351 g/mol. The molecular formula is C17H26ClN5O. The van der Waals surface area contributed by atoms with E-state index in [2.05, 4.69) is 24.2 Å². The molecule has 1 unspecified atom stereocenters. The van der Waals surface area contributed by atoms with E-state index in [4.69, 9.17) is 5.73 Å². The quantitative estimate of drug-likeness (QED) is 0.829. The Morgan fingerprint density at radius 1 is 1.29 bits per heavy atom. The van der Waals surface area contributed by atoms with Crippen LogP contribution >= 0.6 is 12.4 Å². The molecule has 2 aromatic rings.